The van der Waals surface area contributed by atoms with Crippen molar-refractivity contribution in [2.45, 2.75) is 6.92 Å². The smallest absolute Gasteiger partial charge is 0.262 e. The number of rotatable bonds is 6. The van der Waals surface area contributed by atoms with Crippen LogP contribution in [-0.4, -0.2) is 30.5 Å². The molecule has 0 radical (unpaired) electrons. The summed E-state index contributed by atoms with van der Waals surface area (Å²) in [5.74, 6) is 1.03. The number of benzene rings is 2. The molecule has 2 rings (SSSR count). The van der Waals surface area contributed by atoms with Gasteiger partial charge in [0, 0.05) is 5.69 Å². The number of hydrogen-bond acceptors (Lipinski definition) is 5. The maximum Gasteiger partial charge on any atom is 0.262 e. The molecule has 1 amide bonds. The Bertz CT molecular complexity index is 679. The predicted octanol–water partition coefficient (Wildman–Crippen LogP) is 2.91. The lowest BCUT2D eigenvalue weighted by Crippen LogP contribution is -2.20. The Balaban J connectivity index is 1.86. The molecule has 0 fully saturated rings. The van der Waals surface area contributed by atoms with Crippen molar-refractivity contribution < 1.29 is 19.5 Å². The largest absolute Gasteiger partial charge is 0.497 e. The third kappa shape index (κ3) is 4.74. The predicted molar refractivity (Wildman–Crippen MR) is 87.6 cm³/mol. The average molecular weight is 314 g/mol. The van der Waals surface area contributed by atoms with E-state index in [4.69, 9.17) is 14.7 Å². The number of carbonyl (C=O) groups excluding carboxylic acids is 1. The summed E-state index contributed by atoms with van der Waals surface area (Å²) in [5.41, 5.74) is 1.96. The number of nitrogens with zero attached hydrogens (tertiary/aromatic N) is 1. The number of oxime groups is 1. The molecule has 6 nitrogen and oxygen atoms in total. The number of nitrogens with one attached hydrogen (secondary N) is 1. The van der Waals surface area contributed by atoms with Crippen LogP contribution in [0.3, 0.4) is 0 Å². The van der Waals surface area contributed by atoms with Crippen LogP contribution in [0.15, 0.2) is 53.7 Å². The number of amides is 1. The van der Waals surface area contributed by atoms with Gasteiger partial charge in [-0.15, -0.1) is 0 Å². The van der Waals surface area contributed by atoms with Crippen molar-refractivity contribution in [2.24, 2.45) is 5.16 Å². The molecule has 0 bridgehead atoms. The molecule has 23 heavy (non-hydrogen) atoms. The maximum atomic E-state index is 11.8. The van der Waals surface area contributed by atoms with E-state index in [2.05, 4.69) is 10.5 Å². The zero-order chi connectivity index (χ0) is 16.7. The highest BCUT2D eigenvalue weighted by molar-refractivity contribution is 5.98. The lowest BCUT2D eigenvalue weighted by Gasteiger charge is -2.08. The highest BCUT2D eigenvalue weighted by Gasteiger charge is 2.05. The summed E-state index contributed by atoms with van der Waals surface area (Å²) in [4.78, 5) is 11.8. The minimum Gasteiger partial charge on any atom is -0.497 e. The summed E-state index contributed by atoms with van der Waals surface area (Å²) in [7, 11) is 1.58. The van der Waals surface area contributed by atoms with E-state index < -0.39 is 0 Å². The van der Waals surface area contributed by atoms with Crippen LogP contribution in [0.2, 0.25) is 0 Å². The summed E-state index contributed by atoms with van der Waals surface area (Å²) >= 11 is 0. The second-order valence-electron chi connectivity index (χ2n) is 4.78. The molecule has 0 aliphatic carbocycles. The summed E-state index contributed by atoms with van der Waals surface area (Å²) in [6.07, 6.45) is 0. The van der Waals surface area contributed by atoms with Crippen LogP contribution >= 0.6 is 0 Å². The molecule has 2 aromatic rings. The molecule has 0 spiro atoms. The Kier molecular flexibility index (Phi) is 5.57. The van der Waals surface area contributed by atoms with E-state index in [1.807, 2.05) is 0 Å². The molecule has 0 saturated carbocycles. The zero-order valence-electron chi connectivity index (χ0n) is 12.9. The van der Waals surface area contributed by atoms with Crippen LogP contribution in [0.1, 0.15) is 12.5 Å². The molecule has 0 aliphatic rings. The molecule has 0 unspecified atom stereocenters. The van der Waals surface area contributed by atoms with Gasteiger partial charge >= 0.3 is 0 Å². The number of ether oxygens (including phenoxy) is 2. The van der Waals surface area contributed by atoms with Crippen molar-refractivity contribution >= 4 is 17.3 Å². The topological polar surface area (TPSA) is 80.2 Å². The molecular formula is C17H18N2O4. The summed E-state index contributed by atoms with van der Waals surface area (Å²) in [6.45, 7) is 1.59. The molecule has 0 heterocycles. The van der Waals surface area contributed by atoms with E-state index in [0.29, 0.717) is 17.1 Å². The van der Waals surface area contributed by atoms with Gasteiger partial charge in [-0.05, 0) is 61.0 Å². The maximum absolute atomic E-state index is 11.8. The Labute approximate surface area is 134 Å². The summed E-state index contributed by atoms with van der Waals surface area (Å²) in [5, 5.41) is 14.6. The first-order chi connectivity index (χ1) is 11.1. The second-order valence-corrected chi connectivity index (χ2v) is 4.78. The molecule has 0 aliphatic heterocycles. The van der Waals surface area contributed by atoms with Crippen LogP contribution in [-0.2, 0) is 4.79 Å². The monoisotopic (exact) mass is 314 g/mol. The van der Waals surface area contributed by atoms with Crippen molar-refractivity contribution in [2.75, 3.05) is 19.0 Å². The molecule has 0 atom stereocenters. The lowest BCUT2D eigenvalue weighted by molar-refractivity contribution is -0.118. The molecule has 6 heteroatoms. The third-order valence-corrected chi connectivity index (χ3v) is 3.17. The van der Waals surface area contributed by atoms with E-state index >= 15 is 0 Å². The van der Waals surface area contributed by atoms with E-state index in [1.54, 1.807) is 62.6 Å². The SMILES string of the molecule is COc1ccc(NC(=O)COc2ccc(/C(C)=N/O)cc2)cc1. The van der Waals surface area contributed by atoms with Crippen LogP contribution < -0.4 is 14.8 Å². The molecule has 2 aromatic carbocycles. The van der Waals surface area contributed by atoms with Crippen LogP contribution in [0, 0.1) is 0 Å². The van der Waals surface area contributed by atoms with Gasteiger partial charge in [-0.2, -0.15) is 0 Å². The van der Waals surface area contributed by atoms with E-state index in [9.17, 15) is 4.79 Å². The Morgan fingerprint density at radius 1 is 1.09 bits per heavy atom. The van der Waals surface area contributed by atoms with Gasteiger partial charge in [0.15, 0.2) is 6.61 Å². The molecule has 120 valence electrons. The minimum absolute atomic E-state index is 0.0988. The van der Waals surface area contributed by atoms with Crippen molar-refractivity contribution in [3.63, 3.8) is 0 Å². The van der Waals surface area contributed by atoms with Crippen molar-refractivity contribution in [1.82, 2.24) is 0 Å². The van der Waals surface area contributed by atoms with Crippen molar-refractivity contribution in [3.8, 4) is 11.5 Å². The zero-order valence-corrected chi connectivity index (χ0v) is 12.9. The van der Waals surface area contributed by atoms with Crippen LogP contribution in [0.4, 0.5) is 5.69 Å². The molecule has 0 aromatic heterocycles. The fourth-order valence-corrected chi connectivity index (χ4v) is 1.87. The number of hydrogen-bond donors (Lipinski definition) is 2. The lowest BCUT2D eigenvalue weighted by atomic mass is 10.1. The van der Waals surface area contributed by atoms with Crippen LogP contribution in [0.25, 0.3) is 0 Å². The van der Waals surface area contributed by atoms with Gasteiger partial charge in [-0.3, -0.25) is 4.79 Å². The minimum atomic E-state index is -0.257. The van der Waals surface area contributed by atoms with E-state index in [1.165, 1.54) is 0 Å². The number of methoxy groups -OCH3 is 1. The van der Waals surface area contributed by atoms with Gasteiger partial charge in [0.25, 0.3) is 5.91 Å². The normalized spacial score (nSPS) is 11.0. The van der Waals surface area contributed by atoms with Gasteiger partial charge in [-0.1, -0.05) is 5.16 Å². The van der Waals surface area contributed by atoms with Gasteiger partial charge in [0.05, 0.1) is 12.8 Å². The second kappa shape index (κ2) is 7.84. The fraction of sp³-hybridized carbons (Fsp3) is 0.176. The fourth-order valence-electron chi connectivity index (χ4n) is 1.87. The standard InChI is InChI=1S/C17H18N2O4/c1-12(19-21)13-3-7-16(8-4-13)23-11-17(20)18-14-5-9-15(22-2)10-6-14/h3-10,21H,11H2,1-2H3,(H,18,20)/b19-12+. The van der Waals surface area contributed by atoms with E-state index in [-0.39, 0.29) is 12.5 Å². The van der Waals surface area contributed by atoms with Gasteiger partial charge in [0.1, 0.15) is 11.5 Å². The van der Waals surface area contributed by atoms with Gasteiger partial charge in [-0.25, -0.2) is 0 Å². The third-order valence-electron chi connectivity index (χ3n) is 3.17. The quantitative estimate of drug-likeness (QED) is 0.488. The molecule has 0 saturated heterocycles. The van der Waals surface area contributed by atoms with Gasteiger partial charge < -0.3 is 20.0 Å². The first kappa shape index (κ1) is 16.4. The van der Waals surface area contributed by atoms with Crippen molar-refractivity contribution in [3.05, 3.63) is 54.1 Å². The number of carbonyl (C=O) groups is 1. The Hall–Kier alpha value is -3.02. The summed E-state index contributed by atoms with van der Waals surface area (Å²) < 4.78 is 10.5. The van der Waals surface area contributed by atoms with Crippen LogP contribution in [0.5, 0.6) is 11.5 Å². The average Bonchev–Trinajstić information content (AvgIpc) is 2.60. The van der Waals surface area contributed by atoms with E-state index in [0.717, 1.165) is 11.3 Å². The Morgan fingerprint density at radius 3 is 2.26 bits per heavy atom. The molecule has 2 N–H and O–H groups in total. The van der Waals surface area contributed by atoms with Gasteiger partial charge in [0.2, 0.25) is 0 Å². The Morgan fingerprint density at radius 2 is 1.70 bits per heavy atom. The number of anilines is 1. The highest BCUT2D eigenvalue weighted by atomic mass is 16.5. The first-order valence-electron chi connectivity index (χ1n) is 6.98. The summed E-state index contributed by atoms with van der Waals surface area (Å²) in [6, 6.07) is 14.0. The first-order valence-corrected chi connectivity index (χ1v) is 6.98. The molecular weight excluding hydrogens is 296 g/mol. The van der Waals surface area contributed by atoms with Crippen molar-refractivity contribution in [1.29, 1.82) is 0 Å². The highest BCUT2D eigenvalue weighted by Crippen LogP contribution is 2.15.